The van der Waals surface area contributed by atoms with Crippen LogP contribution in [0.4, 0.5) is 0 Å². The van der Waals surface area contributed by atoms with Crippen LogP contribution in [0.5, 0.6) is 0 Å². The van der Waals surface area contributed by atoms with Crippen molar-refractivity contribution in [3.05, 3.63) is 0 Å². The molecule has 0 amide bonds. The molecule has 0 rings (SSSR count). The van der Waals surface area contributed by atoms with Gasteiger partial charge in [-0.25, -0.2) is 0 Å². The van der Waals surface area contributed by atoms with E-state index in [0.29, 0.717) is 38.7 Å². The number of ether oxygens (including phenoxy) is 2. The quantitative estimate of drug-likeness (QED) is 0.256. The second kappa shape index (κ2) is 17.5. The van der Waals surface area contributed by atoms with E-state index < -0.39 is 11.9 Å². The van der Waals surface area contributed by atoms with Crippen molar-refractivity contribution in [1.29, 1.82) is 0 Å². The smallest absolute Gasteiger partial charge is 0.305 e. The maximum Gasteiger partial charge on any atom is 0.305 e. The summed E-state index contributed by atoms with van der Waals surface area (Å²) in [6.07, 6.45) is 10.3. The molecule has 0 radical (unpaired) electrons. The van der Waals surface area contributed by atoms with Gasteiger partial charge in [0, 0.05) is 19.3 Å². The van der Waals surface area contributed by atoms with Crippen molar-refractivity contribution in [1.82, 2.24) is 0 Å². The van der Waals surface area contributed by atoms with Crippen LogP contribution in [0.15, 0.2) is 0 Å². The number of unbranched alkanes of at least 4 members (excludes halogenated alkanes) is 5. The Balaban J connectivity index is 4.06. The van der Waals surface area contributed by atoms with Gasteiger partial charge in [0.05, 0.1) is 6.61 Å². The van der Waals surface area contributed by atoms with Crippen molar-refractivity contribution in [2.45, 2.75) is 110 Å². The van der Waals surface area contributed by atoms with Crippen molar-refractivity contribution < 1.29 is 29.0 Å². The Labute approximate surface area is 170 Å². The molecule has 0 aromatic heterocycles. The predicted molar refractivity (Wildman–Crippen MR) is 106 cm³/mol. The topological polar surface area (TPSA) is 92.7 Å². The zero-order valence-corrected chi connectivity index (χ0v) is 18.0. The number of hydrogen-bond acceptors (Lipinski definition) is 6. The van der Waals surface area contributed by atoms with E-state index in [-0.39, 0.29) is 18.0 Å². The molecule has 0 bridgehead atoms. The van der Waals surface area contributed by atoms with E-state index in [9.17, 15) is 19.5 Å². The lowest BCUT2D eigenvalue weighted by Crippen LogP contribution is -2.31. The van der Waals surface area contributed by atoms with Gasteiger partial charge in [0.2, 0.25) is 0 Å². The Morgan fingerprint density at radius 1 is 0.821 bits per heavy atom. The van der Waals surface area contributed by atoms with Crippen LogP contribution in [-0.2, 0) is 23.9 Å². The minimum Gasteiger partial charge on any atom is -0.550 e. The number of carbonyl (C=O) groups is 3. The fourth-order valence-electron chi connectivity index (χ4n) is 3.34. The summed E-state index contributed by atoms with van der Waals surface area (Å²) in [5.41, 5.74) is 0. The van der Waals surface area contributed by atoms with Crippen molar-refractivity contribution in [2.75, 3.05) is 6.61 Å². The summed E-state index contributed by atoms with van der Waals surface area (Å²) in [7, 11) is 0. The molecular formula is C22H39O6-. The highest BCUT2D eigenvalue weighted by Gasteiger charge is 2.15. The second-order valence-corrected chi connectivity index (χ2v) is 7.43. The van der Waals surface area contributed by atoms with E-state index in [0.717, 1.165) is 51.4 Å². The van der Waals surface area contributed by atoms with Gasteiger partial charge in [0.1, 0.15) is 6.10 Å². The molecule has 6 nitrogen and oxygen atoms in total. The summed E-state index contributed by atoms with van der Waals surface area (Å²) in [4.78, 5) is 33.9. The first-order valence-electron chi connectivity index (χ1n) is 10.9. The average Bonchev–Trinajstić information content (AvgIpc) is 2.62. The van der Waals surface area contributed by atoms with E-state index in [1.807, 2.05) is 0 Å². The Morgan fingerprint density at radius 2 is 1.43 bits per heavy atom. The summed E-state index contributed by atoms with van der Waals surface area (Å²) in [5.74, 6) is -1.91. The monoisotopic (exact) mass is 399 g/mol. The van der Waals surface area contributed by atoms with Gasteiger partial charge in [-0.15, -0.1) is 0 Å². The summed E-state index contributed by atoms with van der Waals surface area (Å²) < 4.78 is 10.2. The Kier molecular flexibility index (Phi) is 16.5. The molecule has 2 atom stereocenters. The zero-order chi connectivity index (χ0) is 21.2. The normalized spacial score (nSPS) is 13.0. The van der Waals surface area contributed by atoms with Crippen molar-refractivity contribution in [3.8, 4) is 0 Å². The highest BCUT2D eigenvalue weighted by Crippen LogP contribution is 2.20. The van der Waals surface area contributed by atoms with Gasteiger partial charge in [-0.2, -0.15) is 0 Å². The maximum atomic E-state index is 11.4. The van der Waals surface area contributed by atoms with Crippen molar-refractivity contribution in [2.24, 2.45) is 5.92 Å². The van der Waals surface area contributed by atoms with Crippen LogP contribution in [-0.4, -0.2) is 30.6 Å². The third-order valence-corrected chi connectivity index (χ3v) is 4.86. The fraction of sp³-hybridized carbons (Fsp3) is 0.864. The van der Waals surface area contributed by atoms with E-state index in [1.165, 1.54) is 6.92 Å². The Morgan fingerprint density at radius 3 is 2.04 bits per heavy atom. The van der Waals surface area contributed by atoms with Crippen LogP contribution >= 0.6 is 0 Å². The van der Waals surface area contributed by atoms with Crippen LogP contribution in [0.25, 0.3) is 0 Å². The van der Waals surface area contributed by atoms with Gasteiger partial charge in [0.15, 0.2) is 0 Å². The molecule has 0 N–H and O–H groups in total. The number of esters is 2. The van der Waals surface area contributed by atoms with Gasteiger partial charge in [-0.3, -0.25) is 9.59 Å². The second-order valence-electron chi connectivity index (χ2n) is 7.43. The molecule has 0 fully saturated rings. The molecule has 0 saturated heterocycles. The zero-order valence-electron chi connectivity index (χ0n) is 18.0. The molecular weight excluding hydrogens is 360 g/mol. The molecule has 0 aliphatic rings. The van der Waals surface area contributed by atoms with Crippen LogP contribution in [0.1, 0.15) is 104 Å². The Hall–Kier alpha value is -1.59. The number of hydrogen-bond donors (Lipinski definition) is 0. The first kappa shape index (κ1) is 26.4. The first-order valence-corrected chi connectivity index (χ1v) is 10.9. The van der Waals surface area contributed by atoms with Crippen molar-refractivity contribution >= 4 is 17.9 Å². The van der Waals surface area contributed by atoms with Crippen LogP contribution in [0, 0.1) is 5.92 Å². The molecule has 164 valence electrons. The largest absolute Gasteiger partial charge is 0.550 e. The highest BCUT2D eigenvalue weighted by molar-refractivity contribution is 5.69. The minimum absolute atomic E-state index is 0.116. The fourth-order valence-corrected chi connectivity index (χ4v) is 3.34. The number of carbonyl (C=O) groups excluding carboxylic acids is 3. The van der Waals surface area contributed by atoms with E-state index in [4.69, 9.17) is 9.47 Å². The molecule has 0 saturated carbocycles. The van der Waals surface area contributed by atoms with Crippen LogP contribution in [0.2, 0.25) is 0 Å². The first-order chi connectivity index (χ1) is 13.4. The summed E-state index contributed by atoms with van der Waals surface area (Å²) in [5, 5.41) is 11.4. The predicted octanol–water partition coefficient (Wildman–Crippen LogP) is 3.94. The van der Waals surface area contributed by atoms with Gasteiger partial charge in [-0.05, 0) is 57.8 Å². The SMILES string of the molecule is CCCCCC(CCCC(CCCCCCC(=O)OCC)C(=O)[O-])OC(C)=O. The summed E-state index contributed by atoms with van der Waals surface area (Å²) >= 11 is 0. The van der Waals surface area contributed by atoms with E-state index in [1.54, 1.807) is 6.92 Å². The molecule has 28 heavy (non-hydrogen) atoms. The molecule has 0 aromatic rings. The molecule has 2 unspecified atom stereocenters. The van der Waals surface area contributed by atoms with Crippen LogP contribution < -0.4 is 5.11 Å². The Bertz CT molecular complexity index is 435. The van der Waals surface area contributed by atoms with Gasteiger partial charge < -0.3 is 19.4 Å². The summed E-state index contributed by atoms with van der Waals surface area (Å²) in [6.45, 7) is 5.74. The number of carboxylic acid groups (broad SMARTS) is 1. The number of aliphatic carboxylic acids is 1. The minimum atomic E-state index is -0.999. The summed E-state index contributed by atoms with van der Waals surface area (Å²) in [6, 6.07) is 0. The molecule has 6 heteroatoms. The third-order valence-electron chi connectivity index (χ3n) is 4.86. The lowest BCUT2D eigenvalue weighted by Gasteiger charge is -2.21. The number of carboxylic acids is 1. The van der Waals surface area contributed by atoms with Gasteiger partial charge in [-0.1, -0.05) is 39.0 Å². The lowest BCUT2D eigenvalue weighted by molar-refractivity contribution is -0.312. The maximum absolute atomic E-state index is 11.4. The van der Waals surface area contributed by atoms with E-state index in [2.05, 4.69) is 6.92 Å². The van der Waals surface area contributed by atoms with Gasteiger partial charge >= 0.3 is 11.9 Å². The van der Waals surface area contributed by atoms with Gasteiger partial charge in [0.25, 0.3) is 0 Å². The van der Waals surface area contributed by atoms with Crippen molar-refractivity contribution in [3.63, 3.8) is 0 Å². The molecule has 0 spiro atoms. The van der Waals surface area contributed by atoms with Crippen LogP contribution in [0.3, 0.4) is 0 Å². The molecule has 0 heterocycles. The average molecular weight is 400 g/mol. The lowest BCUT2D eigenvalue weighted by atomic mass is 9.93. The molecule has 0 aliphatic carbocycles. The standard InChI is InChI=1S/C22H40O6/c1-4-6-9-15-20(28-18(3)23)16-12-14-19(22(25)26)13-10-7-8-11-17-21(24)27-5-2/h19-20H,4-17H2,1-3H3,(H,25,26)/p-1. The molecule has 0 aromatic carbocycles. The highest BCUT2D eigenvalue weighted by atomic mass is 16.5. The van der Waals surface area contributed by atoms with E-state index >= 15 is 0 Å². The molecule has 0 aliphatic heterocycles. The third kappa shape index (κ3) is 15.5. The number of rotatable bonds is 18.